The van der Waals surface area contributed by atoms with Crippen molar-refractivity contribution in [2.45, 2.75) is 17.1 Å². The van der Waals surface area contributed by atoms with Crippen LogP contribution in [-0.2, 0) is 14.3 Å². The first kappa shape index (κ1) is 38.7. The van der Waals surface area contributed by atoms with E-state index in [1.54, 1.807) is 91.9 Å². The molecule has 0 aliphatic heterocycles. The molecule has 1 atom stereocenters. The van der Waals surface area contributed by atoms with Crippen molar-refractivity contribution in [1.82, 2.24) is 5.32 Å². The van der Waals surface area contributed by atoms with Crippen LogP contribution in [0, 0.1) is 0 Å². The van der Waals surface area contributed by atoms with Crippen LogP contribution in [0.4, 0.5) is 11.4 Å². The topological polar surface area (TPSA) is 141 Å². The summed E-state index contributed by atoms with van der Waals surface area (Å²) in [4.78, 5) is 53.7. The van der Waals surface area contributed by atoms with E-state index in [1.807, 2.05) is 36.4 Å². The summed E-state index contributed by atoms with van der Waals surface area (Å²) < 4.78 is 21.5. The molecule has 0 heterocycles. The highest BCUT2D eigenvalue weighted by atomic mass is 32.2. The van der Waals surface area contributed by atoms with Gasteiger partial charge in [-0.3, -0.25) is 14.4 Å². The number of thioether (sulfide) groups is 1. The van der Waals surface area contributed by atoms with E-state index in [0.717, 1.165) is 5.56 Å². The van der Waals surface area contributed by atoms with Gasteiger partial charge in [-0.05, 0) is 90.9 Å². The number of carbonyl (C=O) groups excluding carboxylic acids is 4. The van der Waals surface area contributed by atoms with E-state index in [1.165, 1.54) is 39.2 Å². The molecule has 0 saturated heterocycles. The Kier molecular flexibility index (Phi) is 13.5. The molecule has 3 amide bonds. The fraction of sp³-hybridized carbons (Fsp3) is 0.143. The monoisotopic (exact) mass is 745 g/mol. The lowest BCUT2D eigenvalue weighted by Crippen LogP contribution is -2.30. The molecule has 276 valence electrons. The average Bonchev–Trinajstić information content (AvgIpc) is 3.20. The highest BCUT2D eigenvalue weighted by Crippen LogP contribution is 2.39. The third-order valence-corrected chi connectivity index (χ3v) is 9.12. The number of benzene rings is 5. The smallest absolute Gasteiger partial charge is 0.338 e. The summed E-state index contributed by atoms with van der Waals surface area (Å²) in [6.45, 7) is 1.99. The fourth-order valence-electron chi connectivity index (χ4n) is 5.29. The molecule has 3 N–H and O–H groups in total. The highest BCUT2D eigenvalue weighted by molar-refractivity contribution is 8.00. The SMILES string of the molecule is CCOC(=O)c1ccc(NC(=O)C(Sc2cccc(NC(=O)/C(=C\c3cc(OC)c(OC)c(OC)c3)NC(=O)c3ccccc3)c2)c2ccccc2)cc1. The van der Waals surface area contributed by atoms with E-state index in [-0.39, 0.29) is 18.2 Å². The Bertz CT molecular complexity index is 2100. The summed E-state index contributed by atoms with van der Waals surface area (Å²) in [7, 11) is 4.46. The second-order valence-electron chi connectivity index (χ2n) is 11.5. The van der Waals surface area contributed by atoms with Crippen LogP contribution in [0.1, 0.15) is 44.0 Å². The maximum Gasteiger partial charge on any atom is 0.338 e. The standard InChI is InChI=1S/C42H39N3O8S/c1-5-53-42(49)30-19-21-31(22-20-30)43-41(48)38(28-13-8-6-9-14-28)54-33-18-12-17-32(26-33)44-40(47)34(45-39(46)29-15-10-7-11-16-29)23-27-24-35(50-2)37(52-4)36(25-27)51-3/h6-26,38H,5H2,1-4H3,(H,43,48)(H,44,47)(H,45,46)/b34-23+. The highest BCUT2D eigenvalue weighted by Gasteiger charge is 2.23. The van der Waals surface area contributed by atoms with Gasteiger partial charge in [-0.1, -0.05) is 54.6 Å². The number of amides is 3. The normalized spacial score (nSPS) is 11.4. The molecular formula is C42H39N3O8S. The Morgan fingerprint density at radius 2 is 1.33 bits per heavy atom. The van der Waals surface area contributed by atoms with E-state index in [2.05, 4.69) is 16.0 Å². The number of anilines is 2. The maximum absolute atomic E-state index is 13.9. The number of ether oxygens (including phenoxy) is 4. The van der Waals surface area contributed by atoms with Crippen molar-refractivity contribution in [3.05, 3.63) is 149 Å². The third kappa shape index (κ3) is 10.1. The molecule has 54 heavy (non-hydrogen) atoms. The lowest BCUT2D eigenvalue weighted by Gasteiger charge is -2.18. The summed E-state index contributed by atoms with van der Waals surface area (Å²) in [6.07, 6.45) is 1.51. The van der Waals surface area contributed by atoms with E-state index in [0.29, 0.717) is 50.2 Å². The molecule has 5 rings (SSSR count). The molecule has 5 aromatic rings. The predicted molar refractivity (Wildman–Crippen MR) is 209 cm³/mol. The zero-order valence-corrected chi connectivity index (χ0v) is 30.9. The van der Waals surface area contributed by atoms with E-state index in [4.69, 9.17) is 18.9 Å². The summed E-state index contributed by atoms with van der Waals surface area (Å²) in [5, 5.41) is 7.89. The van der Waals surface area contributed by atoms with Crippen molar-refractivity contribution in [1.29, 1.82) is 0 Å². The minimum absolute atomic E-state index is 0.0494. The van der Waals surface area contributed by atoms with Gasteiger partial charge in [-0.15, -0.1) is 11.8 Å². The first-order valence-electron chi connectivity index (χ1n) is 16.8. The van der Waals surface area contributed by atoms with Crippen LogP contribution in [-0.4, -0.2) is 51.6 Å². The second-order valence-corrected chi connectivity index (χ2v) is 12.7. The maximum atomic E-state index is 13.9. The molecule has 5 aromatic carbocycles. The molecule has 0 bridgehead atoms. The lowest BCUT2D eigenvalue weighted by atomic mass is 10.1. The third-order valence-electron chi connectivity index (χ3n) is 7.88. The van der Waals surface area contributed by atoms with Crippen molar-refractivity contribution < 1.29 is 38.1 Å². The van der Waals surface area contributed by atoms with Crippen molar-refractivity contribution in [3.63, 3.8) is 0 Å². The minimum Gasteiger partial charge on any atom is -0.493 e. The van der Waals surface area contributed by atoms with E-state index >= 15 is 0 Å². The molecule has 12 heteroatoms. The first-order chi connectivity index (χ1) is 26.2. The van der Waals surface area contributed by atoms with E-state index < -0.39 is 23.0 Å². The molecule has 0 aliphatic rings. The van der Waals surface area contributed by atoms with Crippen LogP contribution < -0.4 is 30.2 Å². The second kappa shape index (κ2) is 18.8. The van der Waals surface area contributed by atoms with Gasteiger partial charge in [-0.2, -0.15) is 0 Å². The summed E-state index contributed by atoms with van der Waals surface area (Å²) >= 11 is 1.29. The molecule has 0 saturated carbocycles. The Morgan fingerprint density at radius 1 is 0.685 bits per heavy atom. The fourth-order valence-corrected chi connectivity index (χ4v) is 6.37. The molecule has 0 fully saturated rings. The van der Waals surface area contributed by atoms with Gasteiger partial charge in [0.2, 0.25) is 11.7 Å². The average molecular weight is 746 g/mol. The number of hydrogen-bond acceptors (Lipinski definition) is 9. The summed E-state index contributed by atoms with van der Waals surface area (Å²) in [6, 6.07) is 34.7. The Hall–Kier alpha value is -6.53. The minimum atomic E-state index is -0.678. The van der Waals surface area contributed by atoms with Gasteiger partial charge in [0.05, 0.1) is 33.5 Å². The zero-order valence-electron chi connectivity index (χ0n) is 30.1. The van der Waals surface area contributed by atoms with Crippen molar-refractivity contribution in [3.8, 4) is 17.2 Å². The van der Waals surface area contributed by atoms with Crippen LogP contribution in [0.25, 0.3) is 6.08 Å². The molecule has 0 spiro atoms. The van der Waals surface area contributed by atoms with Crippen LogP contribution in [0.5, 0.6) is 17.2 Å². The van der Waals surface area contributed by atoms with Gasteiger partial charge < -0.3 is 34.9 Å². The number of methoxy groups -OCH3 is 3. The van der Waals surface area contributed by atoms with Gasteiger partial charge in [0.1, 0.15) is 10.9 Å². The van der Waals surface area contributed by atoms with Gasteiger partial charge in [0.25, 0.3) is 11.8 Å². The van der Waals surface area contributed by atoms with Gasteiger partial charge in [0.15, 0.2) is 11.5 Å². The van der Waals surface area contributed by atoms with Crippen LogP contribution in [0.3, 0.4) is 0 Å². The number of rotatable bonds is 15. The first-order valence-corrected chi connectivity index (χ1v) is 17.7. The number of nitrogens with one attached hydrogen (secondary N) is 3. The van der Waals surface area contributed by atoms with Crippen LogP contribution >= 0.6 is 11.8 Å². The number of esters is 1. The van der Waals surface area contributed by atoms with Crippen LogP contribution in [0.2, 0.25) is 0 Å². The van der Waals surface area contributed by atoms with Crippen molar-refractivity contribution >= 4 is 52.9 Å². The lowest BCUT2D eigenvalue weighted by molar-refractivity contribution is -0.116. The number of carbonyl (C=O) groups is 4. The molecule has 0 radical (unpaired) electrons. The molecular weight excluding hydrogens is 707 g/mol. The Balaban J connectivity index is 1.40. The molecule has 1 unspecified atom stereocenters. The largest absolute Gasteiger partial charge is 0.493 e. The molecule has 0 aromatic heterocycles. The number of hydrogen-bond donors (Lipinski definition) is 3. The van der Waals surface area contributed by atoms with Gasteiger partial charge in [-0.25, -0.2) is 4.79 Å². The predicted octanol–water partition coefficient (Wildman–Crippen LogP) is 7.77. The zero-order chi connectivity index (χ0) is 38.5. The van der Waals surface area contributed by atoms with E-state index in [9.17, 15) is 19.2 Å². The molecule has 0 aliphatic carbocycles. The quantitative estimate of drug-likeness (QED) is 0.0557. The Labute approximate surface area is 317 Å². The van der Waals surface area contributed by atoms with Gasteiger partial charge in [0, 0.05) is 21.8 Å². The summed E-state index contributed by atoms with van der Waals surface area (Å²) in [5.74, 6) is -0.702. The molecule has 11 nitrogen and oxygen atoms in total. The van der Waals surface area contributed by atoms with Crippen molar-refractivity contribution in [2.75, 3.05) is 38.6 Å². The summed E-state index contributed by atoms with van der Waals surface area (Å²) in [5.41, 5.74) is 2.89. The van der Waals surface area contributed by atoms with Crippen molar-refractivity contribution in [2.24, 2.45) is 0 Å². The van der Waals surface area contributed by atoms with Gasteiger partial charge >= 0.3 is 5.97 Å². The van der Waals surface area contributed by atoms with Crippen LogP contribution in [0.15, 0.2) is 132 Å². The Morgan fingerprint density at radius 3 is 1.94 bits per heavy atom.